The molecule has 15 heavy (non-hydrogen) atoms. The molecule has 0 aliphatic rings. The summed E-state index contributed by atoms with van der Waals surface area (Å²) in [6.07, 6.45) is 6.27. The van der Waals surface area contributed by atoms with Crippen molar-refractivity contribution >= 4 is 0 Å². The Morgan fingerprint density at radius 1 is 1.13 bits per heavy atom. The lowest BCUT2D eigenvalue weighted by molar-refractivity contribution is 0.133. The van der Waals surface area contributed by atoms with Crippen molar-refractivity contribution in [2.45, 2.75) is 71.9 Å². The minimum atomic E-state index is 0.594. The van der Waals surface area contributed by atoms with Crippen LogP contribution in [0.5, 0.6) is 0 Å². The SMILES string of the molecule is CCCCN(C(C)CC)C(CN)CCC. The van der Waals surface area contributed by atoms with Crippen molar-refractivity contribution in [2.75, 3.05) is 13.1 Å². The molecule has 0 aromatic heterocycles. The summed E-state index contributed by atoms with van der Waals surface area (Å²) in [5, 5.41) is 0. The second-order valence-electron chi connectivity index (χ2n) is 4.53. The third-order valence-electron chi connectivity index (χ3n) is 3.29. The van der Waals surface area contributed by atoms with Crippen molar-refractivity contribution in [1.82, 2.24) is 4.90 Å². The Balaban J connectivity index is 4.28. The smallest absolute Gasteiger partial charge is 0.0221 e. The monoisotopic (exact) mass is 214 g/mol. The van der Waals surface area contributed by atoms with Gasteiger partial charge in [-0.15, -0.1) is 0 Å². The van der Waals surface area contributed by atoms with Gasteiger partial charge >= 0.3 is 0 Å². The van der Waals surface area contributed by atoms with E-state index in [0.717, 1.165) is 6.54 Å². The topological polar surface area (TPSA) is 29.3 Å². The zero-order valence-corrected chi connectivity index (χ0v) is 11.1. The lowest BCUT2D eigenvalue weighted by Gasteiger charge is -2.35. The first-order chi connectivity index (χ1) is 7.21. The van der Waals surface area contributed by atoms with Gasteiger partial charge in [-0.3, -0.25) is 4.90 Å². The van der Waals surface area contributed by atoms with Gasteiger partial charge in [-0.25, -0.2) is 0 Å². The highest BCUT2D eigenvalue weighted by atomic mass is 15.2. The molecule has 0 aliphatic carbocycles. The molecule has 2 unspecified atom stereocenters. The molecule has 0 radical (unpaired) electrons. The summed E-state index contributed by atoms with van der Waals surface area (Å²) in [6.45, 7) is 11.1. The fourth-order valence-corrected chi connectivity index (χ4v) is 2.09. The van der Waals surface area contributed by atoms with Crippen molar-refractivity contribution in [3.8, 4) is 0 Å². The van der Waals surface area contributed by atoms with E-state index in [1.807, 2.05) is 0 Å². The second-order valence-corrected chi connectivity index (χ2v) is 4.53. The maximum absolute atomic E-state index is 5.88. The molecule has 0 saturated heterocycles. The summed E-state index contributed by atoms with van der Waals surface area (Å²) < 4.78 is 0. The second kappa shape index (κ2) is 9.17. The first-order valence-electron chi connectivity index (χ1n) is 6.66. The van der Waals surface area contributed by atoms with Crippen molar-refractivity contribution in [2.24, 2.45) is 5.73 Å². The van der Waals surface area contributed by atoms with Crippen LogP contribution in [0.1, 0.15) is 59.8 Å². The molecule has 0 rings (SSSR count). The van der Waals surface area contributed by atoms with Gasteiger partial charge in [-0.2, -0.15) is 0 Å². The maximum Gasteiger partial charge on any atom is 0.0221 e. The van der Waals surface area contributed by atoms with Crippen LogP contribution in [0.4, 0.5) is 0 Å². The van der Waals surface area contributed by atoms with Gasteiger partial charge < -0.3 is 5.73 Å². The van der Waals surface area contributed by atoms with Crippen molar-refractivity contribution in [1.29, 1.82) is 0 Å². The number of nitrogens with two attached hydrogens (primary N) is 1. The third kappa shape index (κ3) is 5.53. The molecule has 2 N–H and O–H groups in total. The standard InChI is InChI=1S/C13H30N2/c1-5-8-10-15(12(4)7-3)13(11-14)9-6-2/h12-13H,5-11,14H2,1-4H3. The maximum atomic E-state index is 5.88. The minimum absolute atomic E-state index is 0.594. The normalized spacial score (nSPS) is 15.6. The predicted molar refractivity (Wildman–Crippen MR) is 69.1 cm³/mol. The average molecular weight is 214 g/mol. The van der Waals surface area contributed by atoms with Crippen LogP contribution in [0.3, 0.4) is 0 Å². The molecule has 2 nitrogen and oxygen atoms in total. The third-order valence-corrected chi connectivity index (χ3v) is 3.29. The molecule has 0 saturated carbocycles. The van der Waals surface area contributed by atoms with Crippen LogP contribution >= 0.6 is 0 Å². The molecular formula is C13H30N2. The van der Waals surface area contributed by atoms with E-state index in [0.29, 0.717) is 12.1 Å². The molecular weight excluding hydrogens is 184 g/mol. The highest BCUT2D eigenvalue weighted by Crippen LogP contribution is 2.14. The summed E-state index contributed by atoms with van der Waals surface area (Å²) in [5.74, 6) is 0. The Kier molecular flexibility index (Phi) is 9.12. The first-order valence-corrected chi connectivity index (χ1v) is 6.66. The molecule has 0 heterocycles. The number of unbranched alkanes of at least 4 members (excludes halogenated alkanes) is 1. The Bertz CT molecular complexity index is 136. The van der Waals surface area contributed by atoms with Gasteiger partial charge in [0.15, 0.2) is 0 Å². The van der Waals surface area contributed by atoms with Gasteiger partial charge in [0, 0.05) is 18.6 Å². The van der Waals surface area contributed by atoms with E-state index in [4.69, 9.17) is 5.73 Å². The van der Waals surface area contributed by atoms with Gasteiger partial charge in [-0.05, 0) is 32.7 Å². The van der Waals surface area contributed by atoms with E-state index < -0.39 is 0 Å². The van der Waals surface area contributed by atoms with E-state index in [2.05, 4.69) is 32.6 Å². The van der Waals surface area contributed by atoms with Crippen LogP contribution in [-0.2, 0) is 0 Å². The van der Waals surface area contributed by atoms with Gasteiger partial charge in [0.2, 0.25) is 0 Å². The van der Waals surface area contributed by atoms with Gasteiger partial charge in [0.1, 0.15) is 0 Å². The fourth-order valence-electron chi connectivity index (χ4n) is 2.09. The zero-order valence-electron chi connectivity index (χ0n) is 11.1. The lowest BCUT2D eigenvalue weighted by atomic mass is 10.1. The molecule has 0 fully saturated rings. The van der Waals surface area contributed by atoms with Crippen LogP contribution in [0, 0.1) is 0 Å². The minimum Gasteiger partial charge on any atom is -0.329 e. The molecule has 0 aromatic carbocycles. The quantitative estimate of drug-likeness (QED) is 0.639. The van der Waals surface area contributed by atoms with Crippen molar-refractivity contribution in [3.63, 3.8) is 0 Å². The summed E-state index contributed by atoms with van der Waals surface area (Å²) in [5.41, 5.74) is 5.88. The highest BCUT2D eigenvalue weighted by Gasteiger charge is 2.19. The van der Waals surface area contributed by atoms with E-state index in [1.54, 1.807) is 0 Å². The summed E-state index contributed by atoms with van der Waals surface area (Å²) in [4.78, 5) is 2.62. The van der Waals surface area contributed by atoms with Crippen molar-refractivity contribution < 1.29 is 0 Å². The largest absolute Gasteiger partial charge is 0.329 e. The molecule has 0 aliphatic heterocycles. The molecule has 2 heteroatoms. The highest BCUT2D eigenvalue weighted by molar-refractivity contribution is 4.76. The lowest BCUT2D eigenvalue weighted by Crippen LogP contribution is -2.46. The van der Waals surface area contributed by atoms with Gasteiger partial charge in [0.25, 0.3) is 0 Å². The van der Waals surface area contributed by atoms with E-state index in [9.17, 15) is 0 Å². The first kappa shape index (κ1) is 14.9. The summed E-state index contributed by atoms with van der Waals surface area (Å²) >= 11 is 0. The van der Waals surface area contributed by atoms with Crippen LogP contribution in [0.2, 0.25) is 0 Å². The van der Waals surface area contributed by atoms with E-state index in [1.165, 1.54) is 38.6 Å². The summed E-state index contributed by atoms with van der Waals surface area (Å²) in [6, 6.07) is 1.27. The predicted octanol–water partition coefficient (Wildman–Crippen LogP) is 3.01. The number of rotatable bonds is 9. The van der Waals surface area contributed by atoms with Crippen LogP contribution in [0.25, 0.3) is 0 Å². The van der Waals surface area contributed by atoms with E-state index in [-0.39, 0.29) is 0 Å². The van der Waals surface area contributed by atoms with Gasteiger partial charge in [0.05, 0.1) is 0 Å². The molecule has 92 valence electrons. The molecule has 0 spiro atoms. The number of nitrogens with zero attached hydrogens (tertiary/aromatic N) is 1. The number of hydrogen-bond acceptors (Lipinski definition) is 2. The van der Waals surface area contributed by atoms with E-state index >= 15 is 0 Å². The average Bonchev–Trinajstić information content (AvgIpc) is 2.27. The zero-order chi connectivity index (χ0) is 11.7. The van der Waals surface area contributed by atoms with Crippen molar-refractivity contribution in [3.05, 3.63) is 0 Å². The van der Waals surface area contributed by atoms with Crippen LogP contribution < -0.4 is 5.73 Å². The molecule has 2 atom stereocenters. The fraction of sp³-hybridized carbons (Fsp3) is 1.00. The molecule has 0 amide bonds. The summed E-state index contributed by atoms with van der Waals surface area (Å²) in [7, 11) is 0. The molecule has 0 bridgehead atoms. The van der Waals surface area contributed by atoms with Gasteiger partial charge in [-0.1, -0.05) is 33.6 Å². The number of hydrogen-bond donors (Lipinski definition) is 1. The molecule has 0 aromatic rings. The Morgan fingerprint density at radius 2 is 1.80 bits per heavy atom. The Morgan fingerprint density at radius 3 is 2.20 bits per heavy atom. The van der Waals surface area contributed by atoms with Crippen LogP contribution in [-0.4, -0.2) is 30.1 Å². The Labute approximate surface area is 96.2 Å². The Hall–Kier alpha value is -0.0800. The van der Waals surface area contributed by atoms with Crippen LogP contribution in [0.15, 0.2) is 0 Å².